The van der Waals surface area contributed by atoms with Crippen LogP contribution in [0.1, 0.15) is 95.4 Å². The number of rotatable bonds is 18. The normalized spacial score (nSPS) is 18.9. The molecule has 2 bridgehead atoms. The number of benzene rings is 3. The molecule has 0 aliphatic carbocycles. The maximum Gasteiger partial charge on any atom is 0.319 e. The number of phenols is 1. The minimum atomic E-state index is -0.831. The molecule has 0 saturated carbocycles. The molecule has 3 aromatic carbocycles. The molecule has 6 aromatic rings. The number of piperazine rings is 2. The maximum atomic E-state index is 17.0. The van der Waals surface area contributed by atoms with Crippen molar-refractivity contribution in [3.63, 3.8) is 0 Å². The Labute approximate surface area is 468 Å². The van der Waals surface area contributed by atoms with Gasteiger partial charge >= 0.3 is 6.01 Å². The number of hydrogen-bond donors (Lipinski definition) is 4. The number of anilines is 1. The lowest BCUT2D eigenvalue weighted by Gasteiger charge is -2.35. The van der Waals surface area contributed by atoms with Crippen molar-refractivity contribution in [2.24, 2.45) is 5.41 Å². The predicted octanol–water partition coefficient (Wildman–Crippen LogP) is 7.49. The molecule has 4 fully saturated rings. The van der Waals surface area contributed by atoms with Gasteiger partial charge in [-0.25, -0.2) is 13.8 Å². The van der Waals surface area contributed by atoms with Gasteiger partial charge in [-0.3, -0.25) is 29.1 Å². The molecule has 0 spiro atoms. The van der Waals surface area contributed by atoms with Crippen molar-refractivity contribution in [2.45, 2.75) is 116 Å². The van der Waals surface area contributed by atoms with Crippen molar-refractivity contribution in [3.05, 3.63) is 88.7 Å². The molecule has 17 nitrogen and oxygen atoms in total. The summed E-state index contributed by atoms with van der Waals surface area (Å²) in [5.41, 5.74) is 4.11. The van der Waals surface area contributed by atoms with Crippen molar-refractivity contribution < 1.29 is 37.8 Å². The van der Waals surface area contributed by atoms with Crippen LogP contribution in [0, 0.1) is 36.3 Å². The minimum absolute atomic E-state index is 0.00948. The summed E-state index contributed by atoms with van der Waals surface area (Å²) in [6.45, 7) is 13.2. The van der Waals surface area contributed by atoms with Crippen LogP contribution in [0.25, 0.3) is 43.4 Å². The Morgan fingerprint density at radius 3 is 2.40 bits per heavy atom. The second kappa shape index (κ2) is 24.2. The average molecular weight is 1110 g/mol. The monoisotopic (exact) mass is 1110 g/mol. The first kappa shape index (κ1) is 56.0. The summed E-state index contributed by atoms with van der Waals surface area (Å²) >= 11 is 1.59. The zero-order valence-electron chi connectivity index (χ0n) is 45.8. The van der Waals surface area contributed by atoms with Crippen LogP contribution < -0.4 is 25.6 Å². The number of fused-ring (bicyclic) bond motifs is 4. The summed E-state index contributed by atoms with van der Waals surface area (Å²) in [5.74, 6) is 0.579. The number of halogens is 2. The van der Waals surface area contributed by atoms with Gasteiger partial charge in [-0.05, 0) is 92.0 Å². The SMILES string of the molecule is C#Cc1c(F)ccc2cc(O)cc(-c3ncc4c(N5CC6CCC(C5)N6)nc(OCCCN5CCN(C(=O)CCCCC(=O)NC(C(=O)N6CCC[C@H]6C(=O)NCc6ccc(-c7scnc7C)cc6)C(C)(C)C)CC5)nc4c3F)c12. The number of hydrogen-bond acceptors (Lipinski definition) is 14. The number of aromatic hydroxyl groups is 1. The highest BCUT2D eigenvalue weighted by atomic mass is 32.1. The highest BCUT2D eigenvalue weighted by molar-refractivity contribution is 7.13. The van der Waals surface area contributed by atoms with E-state index in [9.17, 15) is 24.3 Å². The molecule has 0 radical (unpaired) electrons. The van der Waals surface area contributed by atoms with Crippen molar-refractivity contribution in [1.29, 1.82) is 0 Å². The highest BCUT2D eigenvalue weighted by Gasteiger charge is 2.42. The number of ether oxygens (including phenoxy) is 1. The number of nitrogens with one attached hydrogen (secondary N) is 3. The summed E-state index contributed by atoms with van der Waals surface area (Å²) in [6, 6.07) is 12.5. The van der Waals surface area contributed by atoms with Crippen LogP contribution in [0.4, 0.5) is 14.6 Å². The molecule has 3 aromatic heterocycles. The van der Waals surface area contributed by atoms with Gasteiger partial charge < -0.3 is 40.5 Å². The van der Waals surface area contributed by atoms with E-state index in [2.05, 4.69) is 46.6 Å². The van der Waals surface area contributed by atoms with E-state index in [-0.39, 0.29) is 88.2 Å². The number of aryl methyl sites for hydroxylation is 1. The molecular weight excluding hydrogens is 1040 g/mol. The van der Waals surface area contributed by atoms with Crippen LogP contribution in [0.15, 0.2) is 60.2 Å². The number of terminal acetylenes is 1. The highest BCUT2D eigenvalue weighted by Crippen LogP contribution is 2.40. The molecule has 420 valence electrons. The second-order valence-corrected chi connectivity index (χ2v) is 23.4. The van der Waals surface area contributed by atoms with E-state index in [4.69, 9.17) is 16.1 Å². The zero-order valence-corrected chi connectivity index (χ0v) is 46.6. The third kappa shape index (κ3) is 12.3. The molecule has 4 amide bonds. The number of carbonyl (C=O) groups is 4. The van der Waals surface area contributed by atoms with Crippen LogP contribution in [0.5, 0.6) is 11.8 Å². The summed E-state index contributed by atoms with van der Waals surface area (Å²) < 4.78 is 38.2. The first-order valence-corrected chi connectivity index (χ1v) is 28.7. The molecule has 3 unspecified atom stereocenters. The van der Waals surface area contributed by atoms with E-state index >= 15 is 8.78 Å². The average Bonchev–Trinajstić information content (AvgIpc) is 4.23. The molecule has 4 saturated heterocycles. The lowest BCUT2D eigenvalue weighted by Crippen LogP contribution is -2.57. The quantitative estimate of drug-likeness (QED) is 0.0488. The fraction of sp³-hybridized carbons (Fsp3) is 0.467. The number of aromatic nitrogens is 4. The number of amides is 4. The third-order valence-corrected chi connectivity index (χ3v) is 16.9. The summed E-state index contributed by atoms with van der Waals surface area (Å²) in [7, 11) is 0. The van der Waals surface area contributed by atoms with E-state index in [0.717, 1.165) is 34.5 Å². The number of pyridine rings is 1. The molecule has 20 heteroatoms. The Morgan fingerprint density at radius 2 is 1.69 bits per heavy atom. The first-order chi connectivity index (χ1) is 38.5. The Morgan fingerprint density at radius 1 is 0.938 bits per heavy atom. The van der Waals surface area contributed by atoms with Gasteiger partial charge in [-0.15, -0.1) is 17.8 Å². The summed E-state index contributed by atoms with van der Waals surface area (Å²) in [5, 5.41) is 21.4. The van der Waals surface area contributed by atoms with Gasteiger partial charge in [0, 0.05) is 101 Å². The Hall–Kier alpha value is -7.34. The van der Waals surface area contributed by atoms with E-state index in [1.165, 1.54) is 30.5 Å². The second-order valence-electron chi connectivity index (χ2n) is 22.6. The Bertz CT molecular complexity index is 3320. The number of thiazole rings is 1. The lowest BCUT2D eigenvalue weighted by molar-refractivity contribution is -0.144. The van der Waals surface area contributed by atoms with Gasteiger partial charge in [0.1, 0.15) is 40.7 Å². The molecule has 4 aliphatic rings. The summed E-state index contributed by atoms with van der Waals surface area (Å²) in [4.78, 5) is 81.5. The number of carbonyl (C=O) groups excluding carboxylic acids is 4. The van der Waals surface area contributed by atoms with Crippen LogP contribution in [0.2, 0.25) is 0 Å². The topological polar surface area (TPSA) is 198 Å². The largest absolute Gasteiger partial charge is 0.508 e. The van der Waals surface area contributed by atoms with Gasteiger partial charge in [-0.2, -0.15) is 9.97 Å². The molecule has 4 N–H and O–H groups in total. The van der Waals surface area contributed by atoms with Crippen LogP contribution in [-0.2, 0) is 25.7 Å². The van der Waals surface area contributed by atoms with E-state index in [0.29, 0.717) is 114 Å². The molecule has 7 heterocycles. The van der Waals surface area contributed by atoms with Crippen LogP contribution >= 0.6 is 11.3 Å². The smallest absolute Gasteiger partial charge is 0.319 e. The fourth-order valence-corrected chi connectivity index (χ4v) is 12.5. The minimum Gasteiger partial charge on any atom is -0.508 e. The zero-order chi connectivity index (χ0) is 56.2. The number of phenolic OH excluding ortho intramolecular Hbond substituents is 1. The number of unbranched alkanes of at least 4 members (excludes halogenated alkanes) is 1. The number of likely N-dealkylation sites (tertiary alicyclic amines) is 1. The van der Waals surface area contributed by atoms with E-state index in [1.54, 1.807) is 16.2 Å². The van der Waals surface area contributed by atoms with Gasteiger partial charge in [0.05, 0.1) is 33.6 Å². The third-order valence-electron chi connectivity index (χ3n) is 15.9. The van der Waals surface area contributed by atoms with E-state index in [1.807, 2.05) is 62.4 Å². The van der Waals surface area contributed by atoms with Crippen molar-refractivity contribution in [1.82, 2.24) is 50.6 Å². The van der Waals surface area contributed by atoms with Crippen LogP contribution in [0.3, 0.4) is 0 Å². The van der Waals surface area contributed by atoms with Gasteiger partial charge in [-0.1, -0.05) is 57.0 Å². The maximum absolute atomic E-state index is 17.0. The van der Waals surface area contributed by atoms with Gasteiger partial charge in [0.25, 0.3) is 0 Å². The molecule has 80 heavy (non-hydrogen) atoms. The first-order valence-electron chi connectivity index (χ1n) is 27.8. The fourth-order valence-electron chi connectivity index (χ4n) is 11.6. The molecule has 4 atom stereocenters. The predicted molar refractivity (Wildman–Crippen MR) is 304 cm³/mol. The molecule has 4 aliphatic heterocycles. The Kier molecular flexibility index (Phi) is 16.9. The van der Waals surface area contributed by atoms with Gasteiger partial charge in [0.15, 0.2) is 5.82 Å². The Balaban J connectivity index is 0.682. The van der Waals surface area contributed by atoms with Crippen LogP contribution in [-0.4, -0.2) is 147 Å². The molecular formula is C60H69F2N11O6S. The van der Waals surface area contributed by atoms with Crippen molar-refractivity contribution >= 4 is 62.5 Å². The molecule has 10 rings (SSSR count). The summed E-state index contributed by atoms with van der Waals surface area (Å²) in [6.07, 6.45) is 12.6. The number of nitrogens with zero attached hydrogens (tertiary/aromatic N) is 8. The van der Waals surface area contributed by atoms with Gasteiger partial charge in [0.2, 0.25) is 23.6 Å². The van der Waals surface area contributed by atoms with E-state index < -0.39 is 29.1 Å². The standard InChI is InChI=1S/C60H69F2N11O6S/c1-6-43-46(61)21-18-39-29-42(74)30-44(50(39)43)52-51(62)53-45(32-63-52)56(72-33-40-19-20-41(34-72)66-40)69-59(68-53)79-28-10-22-70-24-26-71(27-25-70)49(76)13-8-7-12-48(75)67-55(60(3,4)5)58(78)73-23-9-11-47(73)57(77)64-31-37-14-16-38(17-15-37)54-36(2)65-35-80-54/h1,14-18,21,29-30,32,35,40-41,47,55,66,74H,7-13,19-20,22-28,31,33-34H2,2-5H3,(H,64,77)(H,67,75)/t40?,41?,47-,55?/m0/s1. The van der Waals surface area contributed by atoms with Crippen molar-refractivity contribution in [2.75, 3.05) is 63.9 Å². The van der Waals surface area contributed by atoms with Crippen molar-refractivity contribution in [3.8, 4) is 45.8 Å². The lowest BCUT2D eigenvalue weighted by atomic mass is 9.85.